The van der Waals surface area contributed by atoms with Gasteiger partial charge in [0.25, 0.3) is 11.6 Å². The first-order valence-corrected chi connectivity index (χ1v) is 8.98. The fraction of sp³-hybridized carbons (Fsp3) is 0.350. The number of benzene rings is 1. The lowest BCUT2D eigenvalue weighted by Crippen LogP contribution is -2.34. The van der Waals surface area contributed by atoms with Gasteiger partial charge in [-0.1, -0.05) is 5.16 Å². The quantitative estimate of drug-likeness (QED) is 0.641. The van der Waals surface area contributed by atoms with Crippen molar-refractivity contribution in [1.82, 2.24) is 20.4 Å². The SMILES string of the molecule is COCCN(C)CCNC(=O)c1cc(-c2ccc(F)cc2)nc2onc(C)c12. The van der Waals surface area contributed by atoms with Gasteiger partial charge in [-0.25, -0.2) is 9.37 Å². The molecule has 1 N–H and O–H groups in total. The van der Waals surface area contributed by atoms with Crippen molar-refractivity contribution in [3.8, 4) is 11.3 Å². The first-order chi connectivity index (χ1) is 13.5. The van der Waals surface area contributed by atoms with Gasteiger partial charge in [0.1, 0.15) is 5.82 Å². The highest BCUT2D eigenvalue weighted by Crippen LogP contribution is 2.27. The molecule has 0 aliphatic heterocycles. The molecule has 3 aromatic rings. The maximum atomic E-state index is 13.2. The Morgan fingerprint density at radius 1 is 1.29 bits per heavy atom. The zero-order valence-electron chi connectivity index (χ0n) is 16.2. The standard InChI is InChI=1S/C20H23FN4O3/c1-13-18-16(19(26)22-8-9-25(2)10-11-27-3)12-17(23-20(18)28-24-13)14-4-6-15(21)7-5-14/h4-7,12H,8-11H2,1-3H3,(H,22,26). The summed E-state index contributed by atoms with van der Waals surface area (Å²) in [5.41, 5.74) is 2.51. The van der Waals surface area contributed by atoms with Crippen LogP contribution in [0.1, 0.15) is 16.1 Å². The van der Waals surface area contributed by atoms with Gasteiger partial charge in [-0.05, 0) is 44.3 Å². The van der Waals surface area contributed by atoms with Crippen molar-refractivity contribution in [2.75, 3.05) is 40.4 Å². The molecule has 3 rings (SSSR count). The number of carbonyl (C=O) groups is 1. The number of nitrogens with zero attached hydrogens (tertiary/aromatic N) is 3. The van der Waals surface area contributed by atoms with Crippen LogP contribution in [0.4, 0.5) is 4.39 Å². The van der Waals surface area contributed by atoms with Gasteiger partial charge in [-0.2, -0.15) is 0 Å². The Hall–Kier alpha value is -2.84. The van der Waals surface area contributed by atoms with Gasteiger partial charge in [-0.15, -0.1) is 0 Å². The maximum absolute atomic E-state index is 13.2. The second kappa shape index (κ2) is 8.90. The van der Waals surface area contributed by atoms with Crippen molar-refractivity contribution in [3.05, 3.63) is 47.4 Å². The number of halogens is 1. The lowest BCUT2D eigenvalue weighted by Gasteiger charge is -2.16. The van der Waals surface area contributed by atoms with E-state index < -0.39 is 0 Å². The molecule has 0 radical (unpaired) electrons. The average molecular weight is 386 g/mol. The summed E-state index contributed by atoms with van der Waals surface area (Å²) in [6.45, 7) is 4.36. The topological polar surface area (TPSA) is 80.5 Å². The number of hydrogen-bond donors (Lipinski definition) is 1. The number of fused-ring (bicyclic) bond motifs is 1. The first-order valence-electron chi connectivity index (χ1n) is 8.98. The zero-order chi connectivity index (χ0) is 20.1. The van der Waals surface area contributed by atoms with Gasteiger partial charge in [0.15, 0.2) is 0 Å². The van der Waals surface area contributed by atoms with E-state index in [1.54, 1.807) is 32.2 Å². The summed E-state index contributed by atoms with van der Waals surface area (Å²) >= 11 is 0. The largest absolute Gasteiger partial charge is 0.383 e. The number of ether oxygens (including phenoxy) is 1. The molecule has 1 amide bonds. The van der Waals surface area contributed by atoms with E-state index >= 15 is 0 Å². The van der Waals surface area contributed by atoms with Gasteiger partial charge in [0, 0.05) is 32.3 Å². The second-order valence-electron chi connectivity index (χ2n) is 6.56. The Balaban J connectivity index is 1.83. The number of aryl methyl sites for hydroxylation is 1. The molecule has 0 unspecified atom stereocenters. The highest BCUT2D eigenvalue weighted by Gasteiger charge is 2.19. The van der Waals surface area contributed by atoms with Crippen molar-refractivity contribution in [1.29, 1.82) is 0 Å². The minimum absolute atomic E-state index is 0.234. The van der Waals surface area contributed by atoms with Crippen LogP contribution in [0.15, 0.2) is 34.9 Å². The van der Waals surface area contributed by atoms with Crippen molar-refractivity contribution in [2.24, 2.45) is 0 Å². The summed E-state index contributed by atoms with van der Waals surface area (Å²) in [6, 6.07) is 7.60. The molecule has 28 heavy (non-hydrogen) atoms. The van der Waals surface area contributed by atoms with Crippen LogP contribution in [-0.2, 0) is 4.74 Å². The van der Waals surface area contributed by atoms with Gasteiger partial charge >= 0.3 is 0 Å². The van der Waals surface area contributed by atoms with Crippen LogP contribution in [0.5, 0.6) is 0 Å². The van der Waals surface area contributed by atoms with E-state index in [-0.39, 0.29) is 17.4 Å². The second-order valence-corrected chi connectivity index (χ2v) is 6.56. The third kappa shape index (κ3) is 4.52. The molecule has 2 heterocycles. The number of pyridine rings is 1. The summed E-state index contributed by atoms with van der Waals surface area (Å²) in [6.07, 6.45) is 0. The summed E-state index contributed by atoms with van der Waals surface area (Å²) in [4.78, 5) is 19.3. The molecular weight excluding hydrogens is 363 g/mol. The smallest absolute Gasteiger partial charge is 0.259 e. The molecule has 7 nitrogen and oxygen atoms in total. The van der Waals surface area contributed by atoms with E-state index in [9.17, 15) is 9.18 Å². The van der Waals surface area contributed by atoms with Crippen molar-refractivity contribution >= 4 is 17.0 Å². The molecule has 0 spiro atoms. The summed E-state index contributed by atoms with van der Waals surface area (Å²) in [5, 5.41) is 7.43. The van der Waals surface area contributed by atoms with Gasteiger partial charge < -0.3 is 19.5 Å². The Labute approximate surface area is 162 Å². The van der Waals surface area contributed by atoms with Crippen LogP contribution in [0, 0.1) is 12.7 Å². The molecule has 2 aromatic heterocycles. The van der Waals surface area contributed by atoms with E-state index in [1.807, 2.05) is 7.05 Å². The molecule has 148 valence electrons. The number of rotatable bonds is 8. The van der Waals surface area contributed by atoms with Crippen LogP contribution >= 0.6 is 0 Å². The van der Waals surface area contributed by atoms with Gasteiger partial charge in [0.2, 0.25) is 0 Å². The predicted molar refractivity (Wildman–Crippen MR) is 104 cm³/mol. The highest BCUT2D eigenvalue weighted by atomic mass is 19.1. The molecule has 8 heteroatoms. The number of methoxy groups -OCH3 is 1. The van der Waals surface area contributed by atoms with Crippen molar-refractivity contribution < 1.29 is 18.4 Å². The fourth-order valence-electron chi connectivity index (χ4n) is 2.86. The molecule has 0 saturated carbocycles. The molecule has 0 aliphatic carbocycles. The lowest BCUT2D eigenvalue weighted by molar-refractivity contribution is 0.0949. The van der Waals surface area contributed by atoms with Gasteiger partial charge in [-0.3, -0.25) is 4.79 Å². The Bertz CT molecular complexity index is 956. The van der Waals surface area contributed by atoms with Crippen LogP contribution in [-0.4, -0.2) is 61.3 Å². The van der Waals surface area contributed by atoms with Gasteiger partial charge in [0.05, 0.1) is 28.9 Å². The highest BCUT2D eigenvalue weighted by molar-refractivity contribution is 6.06. The number of nitrogens with one attached hydrogen (secondary N) is 1. The molecule has 0 saturated heterocycles. The number of hydrogen-bond acceptors (Lipinski definition) is 6. The Morgan fingerprint density at radius 3 is 2.75 bits per heavy atom. The van der Waals surface area contributed by atoms with E-state index in [4.69, 9.17) is 9.26 Å². The minimum Gasteiger partial charge on any atom is -0.383 e. The number of carbonyl (C=O) groups excluding carboxylic acids is 1. The molecule has 1 aromatic carbocycles. The third-order valence-electron chi connectivity index (χ3n) is 4.46. The normalized spacial score (nSPS) is 11.3. The van der Waals surface area contributed by atoms with E-state index in [0.29, 0.717) is 47.6 Å². The number of amides is 1. The summed E-state index contributed by atoms with van der Waals surface area (Å²) in [5.74, 6) is -0.571. The fourth-order valence-corrected chi connectivity index (χ4v) is 2.86. The van der Waals surface area contributed by atoms with E-state index in [1.165, 1.54) is 12.1 Å². The maximum Gasteiger partial charge on any atom is 0.259 e. The van der Waals surface area contributed by atoms with E-state index in [2.05, 4.69) is 20.4 Å². The molecule has 0 atom stereocenters. The molecule has 0 fully saturated rings. The van der Waals surface area contributed by atoms with E-state index in [0.717, 1.165) is 6.54 Å². The minimum atomic E-state index is -0.337. The molecule has 0 bridgehead atoms. The predicted octanol–water partition coefficient (Wildman–Crippen LogP) is 2.65. The average Bonchev–Trinajstić information content (AvgIpc) is 3.07. The summed E-state index contributed by atoms with van der Waals surface area (Å²) < 4.78 is 23.5. The van der Waals surface area contributed by atoms with Crippen LogP contribution in [0.2, 0.25) is 0 Å². The monoisotopic (exact) mass is 386 g/mol. The molecule has 0 aliphatic rings. The van der Waals surface area contributed by atoms with Crippen LogP contribution in [0.25, 0.3) is 22.4 Å². The number of aromatic nitrogens is 2. The van der Waals surface area contributed by atoms with Crippen molar-refractivity contribution in [3.63, 3.8) is 0 Å². The Morgan fingerprint density at radius 2 is 2.04 bits per heavy atom. The van der Waals surface area contributed by atoms with Crippen LogP contribution in [0.3, 0.4) is 0 Å². The van der Waals surface area contributed by atoms with Crippen molar-refractivity contribution in [2.45, 2.75) is 6.92 Å². The zero-order valence-corrected chi connectivity index (χ0v) is 16.2. The Kier molecular flexibility index (Phi) is 6.33. The lowest BCUT2D eigenvalue weighted by atomic mass is 10.1. The third-order valence-corrected chi connectivity index (χ3v) is 4.46. The van der Waals surface area contributed by atoms with Crippen LogP contribution < -0.4 is 5.32 Å². The number of likely N-dealkylation sites (N-methyl/N-ethyl adjacent to an activating group) is 1. The molecular formula is C20H23FN4O3. The summed E-state index contributed by atoms with van der Waals surface area (Å²) in [7, 11) is 3.62. The first kappa shape index (κ1) is 19.9.